The molecule has 0 fully saturated rings. The number of nitrogens with zero attached hydrogens (tertiary/aromatic N) is 2. The van der Waals surface area contributed by atoms with Crippen LogP contribution in [-0.2, 0) is 0 Å². The molecule has 0 aliphatic rings. The lowest BCUT2D eigenvalue weighted by molar-refractivity contribution is 0.311. The number of rotatable bonds is 5. The number of hydrogen-bond donors (Lipinski definition) is 3. The molecule has 0 saturated heterocycles. The monoisotopic (exact) mass is 250 g/mol. The fourth-order valence-corrected chi connectivity index (χ4v) is 2.15. The van der Waals surface area contributed by atoms with Crippen LogP contribution in [0.5, 0.6) is 0 Å². The van der Waals surface area contributed by atoms with Gasteiger partial charge < -0.3 is 15.7 Å². The van der Waals surface area contributed by atoms with Gasteiger partial charge in [-0.25, -0.2) is 9.97 Å². The molecule has 5 nitrogen and oxygen atoms in total. The number of aliphatic hydroxyl groups excluding tert-OH is 1. The number of hydrogen-bond acceptors (Lipinski definition) is 6. The predicted octanol–water partition coefficient (Wildman–Crippen LogP) is 1.99. The Morgan fingerprint density at radius 3 is 2.88 bits per heavy atom. The first-order chi connectivity index (χ1) is 8.29. The number of nitrogens with one attached hydrogen (secondary N) is 2. The highest BCUT2D eigenvalue weighted by molar-refractivity contribution is 7.14. The van der Waals surface area contributed by atoms with Crippen molar-refractivity contribution in [2.75, 3.05) is 23.8 Å². The first-order valence-electron chi connectivity index (χ1n) is 5.27. The average molecular weight is 250 g/mol. The molecule has 0 amide bonds. The molecule has 0 radical (unpaired) electrons. The Morgan fingerprint density at radius 2 is 2.18 bits per heavy atom. The number of aliphatic hydroxyl groups is 1. The Morgan fingerprint density at radius 1 is 1.35 bits per heavy atom. The topological polar surface area (TPSA) is 70.1 Å². The lowest BCUT2D eigenvalue weighted by Gasteiger charge is -2.07. The van der Waals surface area contributed by atoms with Crippen molar-refractivity contribution < 1.29 is 5.11 Å². The fourth-order valence-electron chi connectivity index (χ4n) is 1.32. The summed E-state index contributed by atoms with van der Waals surface area (Å²) in [5.41, 5.74) is 1.19. The average Bonchev–Trinajstić information content (AvgIpc) is 2.73. The van der Waals surface area contributed by atoms with Gasteiger partial charge in [-0.2, -0.15) is 0 Å². The van der Waals surface area contributed by atoms with E-state index >= 15 is 0 Å². The lowest BCUT2D eigenvalue weighted by Crippen LogP contribution is -2.07. The minimum atomic E-state index is 0.0802. The maximum Gasteiger partial charge on any atom is 0.136 e. The summed E-state index contributed by atoms with van der Waals surface area (Å²) in [6.07, 6.45) is 1.49. The van der Waals surface area contributed by atoms with E-state index in [0.29, 0.717) is 12.4 Å². The number of thiophene rings is 1. The summed E-state index contributed by atoms with van der Waals surface area (Å²) >= 11 is 1.64. The summed E-state index contributed by atoms with van der Waals surface area (Å²) in [7, 11) is 0. The molecule has 2 rings (SSSR count). The van der Waals surface area contributed by atoms with E-state index in [-0.39, 0.29) is 6.61 Å². The Bertz CT molecular complexity index is 486. The van der Waals surface area contributed by atoms with Crippen LogP contribution in [-0.4, -0.2) is 28.2 Å². The van der Waals surface area contributed by atoms with E-state index in [0.717, 1.165) is 10.8 Å². The van der Waals surface area contributed by atoms with Crippen LogP contribution in [0.15, 0.2) is 23.8 Å². The van der Waals surface area contributed by atoms with Crippen LogP contribution in [0.3, 0.4) is 0 Å². The fraction of sp³-hybridized carbons (Fsp3) is 0.273. The van der Waals surface area contributed by atoms with Gasteiger partial charge in [-0.3, -0.25) is 0 Å². The third-order valence-electron chi connectivity index (χ3n) is 2.19. The van der Waals surface area contributed by atoms with E-state index in [9.17, 15) is 0 Å². The molecule has 90 valence electrons. The standard InChI is InChI=1S/C11H14N4OS/c1-8-2-5-17-11(8)15-10-6-9(12-3-4-16)13-7-14-10/h2,5-7,16H,3-4H2,1H3,(H2,12,13,14,15). The van der Waals surface area contributed by atoms with Crippen LogP contribution in [0.25, 0.3) is 0 Å². The molecule has 2 heterocycles. The Hall–Kier alpha value is -1.66. The van der Waals surface area contributed by atoms with Gasteiger partial charge in [-0.15, -0.1) is 11.3 Å². The van der Waals surface area contributed by atoms with Gasteiger partial charge in [0, 0.05) is 12.6 Å². The van der Waals surface area contributed by atoms with Gasteiger partial charge in [0.05, 0.1) is 11.6 Å². The van der Waals surface area contributed by atoms with Crippen molar-refractivity contribution in [1.82, 2.24) is 9.97 Å². The summed E-state index contributed by atoms with van der Waals surface area (Å²) in [6.45, 7) is 2.61. The SMILES string of the molecule is Cc1ccsc1Nc1cc(NCCO)ncn1. The van der Waals surface area contributed by atoms with Crippen molar-refractivity contribution in [3.63, 3.8) is 0 Å². The van der Waals surface area contributed by atoms with Gasteiger partial charge in [0.1, 0.15) is 18.0 Å². The zero-order chi connectivity index (χ0) is 12.1. The van der Waals surface area contributed by atoms with Crippen molar-refractivity contribution >= 4 is 28.0 Å². The third kappa shape index (κ3) is 3.15. The van der Waals surface area contributed by atoms with E-state index in [1.54, 1.807) is 11.3 Å². The number of anilines is 3. The highest BCUT2D eigenvalue weighted by Crippen LogP contribution is 2.25. The van der Waals surface area contributed by atoms with Crippen LogP contribution in [0.1, 0.15) is 5.56 Å². The Labute approximate surface area is 104 Å². The molecular weight excluding hydrogens is 236 g/mol. The van der Waals surface area contributed by atoms with Crippen molar-refractivity contribution in [2.45, 2.75) is 6.92 Å². The second-order valence-electron chi connectivity index (χ2n) is 3.50. The Balaban J connectivity index is 2.08. The molecular formula is C11H14N4OS. The van der Waals surface area contributed by atoms with Gasteiger partial charge in [0.2, 0.25) is 0 Å². The minimum Gasteiger partial charge on any atom is -0.395 e. The molecule has 0 atom stereocenters. The van der Waals surface area contributed by atoms with Gasteiger partial charge in [-0.05, 0) is 23.9 Å². The van der Waals surface area contributed by atoms with E-state index in [1.165, 1.54) is 11.9 Å². The summed E-state index contributed by atoms with van der Waals surface area (Å²) < 4.78 is 0. The first kappa shape index (κ1) is 11.8. The molecule has 3 N–H and O–H groups in total. The van der Waals surface area contributed by atoms with Gasteiger partial charge >= 0.3 is 0 Å². The van der Waals surface area contributed by atoms with E-state index in [1.807, 2.05) is 18.4 Å². The molecule has 0 unspecified atom stereocenters. The molecule has 0 bridgehead atoms. The highest BCUT2D eigenvalue weighted by atomic mass is 32.1. The molecule has 0 spiro atoms. The second kappa shape index (κ2) is 5.60. The van der Waals surface area contributed by atoms with Crippen LogP contribution in [0, 0.1) is 6.92 Å². The molecule has 0 aliphatic carbocycles. The first-order valence-corrected chi connectivity index (χ1v) is 6.15. The largest absolute Gasteiger partial charge is 0.395 e. The zero-order valence-corrected chi connectivity index (χ0v) is 10.3. The smallest absolute Gasteiger partial charge is 0.136 e. The summed E-state index contributed by atoms with van der Waals surface area (Å²) in [5, 5.41) is 18.1. The lowest BCUT2D eigenvalue weighted by atomic mass is 10.3. The van der Waals surface area contributed by atoms with Crippen molar-refractivity contribution in [3.8, 4) is 0 Å². The van der Waals surface area contributed by atoms with Crippen LogP contribution in [0.2, 0.25) is 0 Å². The summed E-state index contributed by atoms with van der Waals surface area (Å²) in [6, 6.07) is 3.87. The number of aryl methyl sites for hydroxylation is 1. The van der Waals surface area contributed by atoms with Crippen LogP contribution >= 0.6 is 11.3 Å². The number of aromatic nitrogens is 2. The van der Waals surface area contributed by atoms with Gasteiger partial charge in [0.25, 0.3) is 0 Å². The summed E-state index contributed by atoms with van der Waals surface area (Å²) in [4.78, 5) is 8.20. The van der Waals surface area contributed by atoms with E-state index in [4.69, 9.17) is 5.11 Å². The molecule has 2 aromatic heterocycles. The van der Waals surface area contributed by atoms with Gasteiger partial charge in [-0.1, -0.05) is 0 Å². The normalized spacial score (nSPS) is 10.2. The van der Waals surface area contributed by atoms with Crippen molar-refractivity contribution in [1.29, 1.82) is 0 Å². The van der Waals surface area contributed by atoms with Crippen LogP contribution in [0.4, 0.5) is 16.6 Å². The molecule has 17 heavy (non-hydrogen) atoms. The summed E-state index contributed by atoms with van der Waals surface area (Å²) in [5.74, 6) is 1.44. The Kier molecular flexibility index (Phi) is 3.89. The van der Waals surface area contributed by atoms with Crippen molar-refractivity contribution in [3.05, 3.63) is 29.4 Å². The maximum absolute atomic E-state index is 8.72. The predicted molar refractivity (Wildman–Crippen MR) is 69.9 cm³/mol. The van der Waals surface area contributed by atoms with E-state index < -0.39 is 0 Å². The third-order valence-corrected chi connectivity index (χ3v) is 3.12. The molecule has 6 heteroatoms. The molecule has 0 aliphatic heterocycles. The zero-order valence-electron chi connectivity index (χ0n) is 9.47. The second-order valence-corrected chi connectivity index (χ2v) is 4.41. The molecule has 2 aromatic rings. The molecule has 0 saturated carbocycles. The van der Waals surface area contributed by atoms with Crippen molar-refractivity contribution in [2.24, 2.45) is 0 Å². The minimum absolute atomic E-state index is 0.0802. The highest BCUT2D eigenvalue weighted by Gasteiger charge is 2.02. The quantitative estimate of drug-likeness (QED) is 0.757. The maximum atomic E-state index is 8.72. The molecule has 0 aromatic carbocycles. The van der Waals surface area contributed by atoms with Crippen LogP contribution < -0.4 is 10.6 Å². The van der Waals surface area contributed by atoms with E-state index in [2.05, 4.69) is 26.7 Å². The van der Waals surface area contributed by atoms with Gasteiger partial charge in [0.15, 0.2) is 0 Å².